The molecular weight excluding hydrogens is 467 g/mol. The lowest BCUT2D eigenvalue weighted by Crippen LogP contribution is -2.33. The Bertz CT molecular complexity index is 1460. The molecule has 0 saturated heterocycles. The Morgan fingerprint density at radius 1 is 1.03 bits per heavy atom. The van der Waals surface area contributed by atoms with E-state index in [1.165, 1.54) is 10.4 Å². The lowest BCUT2D eigenvalue weighted by Gasteiger charge is -2.21. The number of sulfonamides is 1. The summed E-state index contributed by atoms with van der Waals surface area (Å²) >= 11 is 0. The number of hydrogen-bond acceptors (Lipinski definition) is 4. The average molecular weight is 495 g/mol. The molecule has 4 rings (SSSR count). The molecule has 1 N–H and O–H groups in total. The fourth-order valence-corrected chi connectivity index (χ4v) is 5.61. The van der Waals surface area contributed by atoms with Crippen molar-refractivity contribution in [3.63, 3.8) is 0 Å². The van der Waals surface area contributed by atoms with Gasteiger partial charge in [-0.15, -0.1) is 0 Å². The first kappa shape index (κ1) is 24.6. The highest BCUT2D eigenvalue weighted by molar-refractivity contribution is 7.89. The van der Waals surface area contributed by atoms with E-state index in [1.54, 1.807) is 13.8 Å². The number of halogens is 1. The van der Waals surface area contributed by atoms with Crippen LogP contribution in [0, 0.1) is 5.82 Å². The second kappa shape index (κ2) is 9.97. The Morgan fingerprint density at radius 3 is 2.34 bits per heavy atom. The van der Waals surface area contributed by atoms with Crippen molar-refractivity contribution in [1.29, 1.82) is 0 Å². The van der Waals surface area contributed by atoms with Crippen molar-refractivity contribution in [3.05, 3.63) is 95.6 Å². The largest absolute Gasteiger partial charge is 0.338 e. The van der Waals surface area contributed by atoms with Crippen LogP contribution in [0.1, 0.15) is 41.6 Å². The van der Waals surface area contributed by atoms with Gasteiger partial charge in [-0.2, -0.15) is 4.31 Å². The van der Waals surface area contributed by atoms with Crippen LogP contribution in [0.25, 0.3) is 11.0 Å². The Balaban J connectivity index is 1.76. The maximum Gasteiger partial charge on any atom is 0.255 e. The van der Waals surface area contributed by atoms with E-state index in [0.29, 0.717) is 5.82 Å². The maximum absolute atomic E-state index is 14.8. The average Bonchev–Trinajstić information content (AvgIpc) is 3.20. The van der Waals surface area contributed by atoms with Crippen LogP contribution < -0.4 is 5.32 Å². The molecule has 0 bridgehead atoms. The summed E-state index contributed by atoms with van der Waals surface area (Å²) in [4.78, 5) is 17.9. The van der Waals surface area contributed by atoms with E-state index in [2.05, 4.69) is 5.32 Å². The molecule has 3 aromatic carbocycles. The summed E-state index contributed by atoms with van der Waals surface area (Å²) in [6.45, 7) is 3.97. The number of nitrogens with one attached hydrogen (secondary N) is 1. The lowest BCUT2D eigenvalue weighted by atomic mass is 10.1. The first-order chi connectivity index (χ1) is 16.8. The number of hydrogen-bond donors (Lipinski definition) is 1. The second-order valence-corrected chi connectivity index (χ2v) is 10.0. The molecule has 1 unspecified atom stereocenters. The van der Waals surface area contributed by atoms with E-state index in [0.717, 1.165) is 28.7 Å². The van der Waals surface area contributed by atoms with Crippen molar-refractivity contribution in [2.24, 2.45) is 7.05 Å². The predicted molar refractivity (Wildman–Crippen MR) is 133 cm³/mol. The highest BCUT2D eigenvalue weighted by Crippen LogP contribution is 2.26. The van der Waals surface area contributed by atoms with Crippen LogP contribution in [0.3, 0.4) is 0 Å². The molecule has 1 heterocycles. The van der Waals surface area contributed by atoms with Gasteiger partial charge in [0, 0.05) is 20.1 Å². The molecule has 0 radical (unpaired) electrons. The van der Waals surface area contributed by atoms with Crippen LogP contribution in [0.15, 0.2) is 77.7 Å². The van der Waals surface area contributed by atoms with Crippen LogP contribution in [0.2, 0.25) is 0 Å². The summed E-state index contributed by atoms with van der Waals surface area (Å²) in [5.41, 5.74) is 2.05. The number of aryl methyl sites for hydroxylation is 1. The molecule has 4 aromatic rings. The normalized spacial score (nSPS) is 12.7. The third kappa shape index (κ3) is 4.69. The van der Waals surface area contributed by atoms with Crippen LogP contribution in [0.5, 0.6) is 0 Å². The van der Waals surface area contributed by atoms with Crippen molar-refractivity contribution in [1.82, 2.24) is 19.2 Å². The molecule has 0 saturated carbocycles. The highest BCUT2D eigenvalue weighted by atomic mass is 32.2. The van der Waals surface area contributed by atoms with Crippen LogP contribution in [0.4, 0.5) is 4.39 Å². The maximum atomic E-state index is 14.8. The summed E-state index contributed by atoms with van der Waals surface area (Å²) in [5.74, 6) is -0.976. The molecule has 0 aliphatic carbocycles. The summed E-state index contributed by atoms with van der Waals surface area (Å²) in [5, 5.41) is 2.87. The van der Waals surface area contributed by atoms with Crippen molar-refractivity contribution in [2.45, 2.75) is 24.8 Å². The number of imidazole rings is 1. The van der Waals surface area contributed by atoms with Crippen LogP contribution in [-0.4, -0.2) is 41.3 Å². The molecule has 0 fully saturated rings. The molecule has 1 amide bonds. The van der Waals surface area contributed by atoms with Gasteiger partial charge in [-0.25, -0.2) is 17.8 Å². The van der Waals surface area contributed by atoms with Gasteiger partial charge in [0.25, 0.3) is 5.91 Å². The fraction of sp³-hybridized carbons (Fsp3) is 0.231. The zero-order valence-corrected chi connectivity index (χ0v) is 20.6. The Morgan fingerprint density at radius 2 is 1.69 bits per heavy atom. The Hall–Kier alpha value is -3.56. The van der Waals surface area contributed by atoms with E-state index >= 15 is 0 Å². The van der Waals surface area contributed by atoms with E-state index in [-0.39, 0.29) is 23.5 Å². The first-order valence-corrected chi connectivity index (χ1v) is 12.8. The Labute approximate surface area is 204 Å². The number of amides is 1. The van der Waals surface area contributed by atoms with E-state index in [4.69, 9.17) is 4.98 Å². The van der Waals surface area contributed by atoms with Gasteiger partial charge in [0.05, 0.1) is 21.5 Å². The molecule has 182 valence electrons. The SMILES string of the molecule is CCN(CC)S(=O)(=O)c1ccc(F)c(C(=O)NC(c2ccccc2)c2nc3ccccc3n2C)c1. The molecule has 0 aliphatic rings. The smallest absolute Gasteiger partial charge is 0.255 e. The fourth-order valence-electron chi connectivity index (χ4n) is 4.13. The quantitative estimate of drug-likeness (QED) is 0.397. The molecule has 7 nitrogen and oxygen atoms in total. The number of benzene rings is 3. The molecule has 0 spiro atoms. The standard InChI is InChI=1S/C26H27FN4O3S/c1-4-31(5-2)35(33,34)19-15-16-21(27)20(17-19)26(32)29-24(18-11-7-6-8-12-18)25-28-22-13-9-10-14-23(22)30(25)3/h6-17,24H,4-5H2,1-3H3,(H,29,32). The van der Waals surface area contributed by atoms with Gasteiger partial charge in [0.2, 0.25) is 10.0 Å². The molecule has 0 aliphatic heterocycles. The van der Waals surface area contributed by atoms with Gasteiger partial charge < -0.3 is 9.88 Å². The van der Waals surface area contributed by atoms with Gasteiger partial charge in [0.15, 0.2) is 0 Å². The number of nitrogens with zero attached hydrogens (tertiary/aromatic N) is 3. The third-order valence-corrected chi connectivity index (χ3v) is 8.06. The summed E-state index contributed by atoms with van der Waals surface area (Å²) in [6, 6.07) is 19.4. The predicted octanol–water partition coefficient (Wildman–Crippen LogP) is 4.26. The van der Waals surface area contributed by atoms with E-state index < -0.39 is 27.8 Å². The van der Waals surface area contributed by atoms with E-state index in [1.807, 2.05) is 66.2 Å². The van der Waals surface area contributed by atoms with Crippen molar-refractivity contribution < 1.29 is 17.6 Å². The van der Waals surface area contributed by atoms with Crippen molar-refractivity contribution in [2.75, 3.05) is 13.1 Å². The number of aromatic nitrogens is 2. The zero-order chi connectivity index (χ0) is 25.2. The molecular formula is C26H27FN4O3S. The zero-order valence-electron chi connectivity index (χ0n) is 19.8. The van der Waals surface area contributed by atoms with Crippen LogP contribution >= 0.6 is 0 Å². The summed E-state index contributed by atoms with van der Waals surface area (Å²) in [7, 11) is -2.01. The number of carbonyl (C=O) groups is 1. The Kier molecular flexibility index (Phi) is 7.00. The highest BCUT2D eigenvalue weighted by Gasteiger charge is 2.27. The number of rotatable bonds is 8. The van der Waals surface area contributed by atoms with Crippen molar-refractivity contribution in [3.8, 4) is 0 Å². The van der Waals surface area contributed by atoms with Gasteiger partial charge in [0.1, 0.15) is 17.7 Å². The van der Waals surface area contributed by atoms with Crippen LogP contribution in [-0.2, 0) is 17.1 Å². The van der Waals surface area contributed by atoms with Gasteiger partial charge >= 0.3 is 0 Å². The summed E-state index contributed by atoms with van der Waals surface area (Å²) in [6.07, 6.45) is 0. The topological polar surface area (TPSA) is 84.3 Å². The van der Waals surface area contributed by atoms with Gasteiger partial charge in [-0.05, 0) is 35.9 Å². The lowest BCUT2D eigenvalue weighted by molar-refractivity contribution is 0.0937. The van der Waals surface area contributed by atoms with Gasteiger partial charge in [-0.3, -0.25) is 4.79 Å². The third-order valence-electron chi connectivity index (χ3n) is 6.01. The summed E-state index contributed by atoms with van der Waals surface area (Å²) < 4.78 is 43.8. The molecule has 1 aromatic heterocycles. The number of para-hydroxylation sites is 2. The minimum atomic E-state index is -3.86. The van der Waals surface area contributed by atoms with Gasteiger partial charge in [-0.1, -0.05) is 56.3 Å². The monoisotopic (exact) mass is 494 g/mol. The van der Waals surface area contributed by atoms with E-state index in [9.17, 15) is 17.6 Å². The molecule has 1 atom stereocenters. The number of carbonyl (C=O) groups excluding carboxylic acids is 1. The molecule has 35 heavy (non-hydrogen) atoms. The number of fused-ring (bicyclic) bond motifs is 1. The minimum absolute atomic E-state index is 0.133. The second-order valence-electron chi connectivity index (χ2n) is 8.07. The van der Waals surface area contributed by atoms with Crippen molar-refractivity contribution >= 4 is 27.0 Å². The first-order valence-electron chi connectivity index (χ1n) is 11.3. The minimum Gasteiger partial charge on any atom is -0.338 e. The molecule has 9 heteroatoms.